The van der Waals surface area contributed by atoms with Gasteiger partial charge in [-0.05, 0) is 103 Å². The Balaban J connectivity index is 1.59. The Hall–Kier alpha value is -1.13. The van der Waals surface area contributed by atoms with Crippen molar-refractivity contribution in [1.29, 1.82) is 0 Å². The summed E-state index contributed by atoms with van der Waals surface area (Å²) in [5, 5.41) is 21.2. The zero-order chi connectivity index (χ0) is 24.3. The van der Waals surface area contributed by atoms with E-state index in [1.54, 1.807) is 0 Å². The fourth-order valence-electron chi connectivity index (χ4n) is 8.55. The maximum atomic E-state index is 12.8. The van der Waals surface area contributed by atoms with Gasteiger partial charge in [0, 0.05) is 11.5 Å². The van der Waals surface area contributed by atoms with Crippen molar-refractivity contribution < 1.29 is 19.8 Å². The summed E-state index contributed by atoms with van der Waals surface area (Å²) in [4.78, 5) is 25.2. The van der Waals surface area contributed by atoms with Crippen molar-refractivity contribution in [2.75, 3.05) is 0 Å². The Labute approximate surface area is 203 Å². The number of carbonyl (C=O) groups is 2. The van der Waals surface area contributed by atoms with Gasteiger partial charge in [-0.15, -0.1) is 0 Å². The van der Waals surface area contributed by atoms with Gasteiger partial charge in [0.1, 0.15) is 0 Å². The maximum absolute atomic E-state index is 12.8. The molecule has 2 N–H and O–H groups in total. The first-order valence-electron chi connectivity index (χ1n) is 12.9. The van der Waals surface area contributed by atoms with E-state index in [1.807, 2.05) is 13.8 Å². The number of fused-ring (bicyclic) bond motifs is 5. The monoisotopic (exact) mass is 476 g/mol. The summed E-state index contributed by atoms with van der Waals surface area (Å²) < 4.78 is 0. The highest BCUT2D eigenvalue weighted by atomic mass is 35.5. The molecular weight excluding hydrogens is 436 g/mol. The highest BCUT2D eigenvalue weighted by Gasteiger charge is 2.61. The molecule has 3 saturated carbocycles. The molecule has 0 aromatic heterocycles. The Morgan fingerprint density at radius 1 is 1.09 bits per heavy atom. The molecule has 0 spiro atoms. The van der Waals surface area contributed by atoms with Gasteiger partial charge in [-0.2, -0.15) is 0 Å². The lowest BCUT2D eigenvalue weighted by molar-refractivity contribution is -0.149. The van der Waals surface area contributed by atoms with Gasteiger partial charge in [0.25, 0.3) is 0 Å². The van der Waals surface area contributed by atoms with Crippen LogP contribution in [0.4, 0.5) is 0 Å². The number of halogens is 1. The van der Waals surface area contributed by atoms with Crippen LogP contribution in [-0.4, -0.2) is 28.1 Å². The van der Waals surface area contributed by atoms with Crippen LogP contribution in [0, 0.1) is 46.3 Å². The normalized spacial score (nSPS) is 41.2. The third kappa shape index (κ3) is 3.93. The third-order valence-corrected chi connectivity index (χ3v) is 11.0. The van der Waals surface area contributed by atoms with Gasteiger partial charge >= 0.3 is 5.97 Å². The minimum Gasteiger partial charge on any atom is -0.481 e. The Kier molecular flexibility index (Phi) is 6.68. The standard InChI is InChI=1S/C28H41ClO4/c1-15(2)16(3)24(31)14-18(26(32)33)20-9-8-19-17-6-7-22-25(29)23(30)11-13-28(22,5)21(17)10-12-27(19,20)4/h15,17-21,23,30H,3,6-14H2,1-2,4-5H3,(H,32,33)/t17-,18+,19-,20+,21-,23-,27-,28+/m0/s1. The molecule has 0 bridgehead atoms. The summed E-state index contributed by atoms with van der Waals surface area (Å²) in [6.45, 7) is 12.5. The van der Waals surface area contributed by atoms with Crippen LogP contribution in [0.15, 0.2) is 22.8 Å². The van der Waals surface area contributed by atoms with Crippen molar-refractivity contribution in [3.05, 3.63) is 22.8 Å². The molecule has 33 heavy (non-hydrogen) atoms. The molecule has 4 aliphatic carbocycles. The number of hydrogen-bond acceptors (Lipinski definition) is 3. The fraction of sp³-hybridized carbons (Fsp3) is 0.786. The largest absolute Gasteiger partial charge is 0.481 e. The topological polar surface area (TPSA) is 74.6 Å². The first-order chi connectivity index (χ1) is 15.4. The maximum Gasteiger partial charge on any atom is 0.307 e. The molecule has 0 amide bonds. The van der Waals surface area contributed by atoms with E-state index < -0.39 is 18.0 Å². The number of rotatable bonds is 6. The lowest BCUT2D eigenvalue weighted by Gasteiger charge is -2.59. The quantitative estimate of drug-likeness (QED) is 0.437. The van der Waals surface area contributed by atoms with Crippen molar-refractivity contribution in [3.63, 3.8) is 0 Å². The number of aliphatic hydroxyl groups is 1. The smallest absolute Gasteiger partial charge is 0.307 e. The van der Waals surface area contributed by atoms with Gasteiger partial charge in [-0.1, -0.05) is 45.9 Å². The second kappa shape index (κ2) is 8.82. The van der Waals surface area contributed by atoms with Gasteiger partial charge in [0.15, 0.2) is 5.78 Å². The first kappa shape index (κ1) is 25.0. The van der Waals surface area contributed by atoms with Crippen LogP contribution in [0.2, 0.25) is 0 Å². The SMILES string of the molecule is C=C(C(=O)C[C@@H](C(=O)O)[C@H]1CC[C@H]2[C@@H]3CCC4=C(Cl)[C@@H](O)CC[C@]4(C)[C@H]3CC[C@]12C)C(C)C. The van der Waals surface area contributed by atoms with E-state index in [1.165, 1.54) is 5.57 Å². The number of hydrogen-bond donors (Lipinski definition) is 2. The predicted molar refractivity (Wildman–Crippen MR) is 131 cm³/mol. The number of allylic oxidation sites excluding steroid dienone is 2. The fourth-order valence-corrected chi connectivity index (χ4v) is 8.97. The highest BCUT2D eigenvalue weighted by molar-refractivity contribution is 6.30. The van der Waals surface area contributed by atoms with Gasteiger partial charge in [0.05, 0.1) is 12.0 Å². The minimum absolute atomic E-state index is 0.0337. The number of carbonyl (C=O) groups excluding carboxylic acids is 1. The zero-order valence-electron chi connectivity index (χ0n) is 20.7. The summed E-state index contributed by atoms with van der Waals surface area (Å²) >= 11 is 6.62. The van der Waals surface area contributed by atoms with Crippen LogP contribution in [0.25, 0.3) is 0 Å². The van der Waals surface area contributed by atoms with Crippen molar-refractivity contribution in [2.24, 2.45) is 46.3 Å². The van der Waals surface area contributed by atoms with Gasteiger partial charge < -0.3 is 10.2 Å². The second-order valence-corrected chi connectivity index (χ2v) is 12.6. The molecule has 3 fully saturated rings. The van der Waals surface area contributed by atoms with Crippen LogP contribution in [-0.2, 0) is 9.59 Å². The molecule has 0 saturated heterocycles. The third-order valence-electron chi connectivity index (χ3n) is 10.5. The molecule has 0 heterocycles. The van der Waals surface area contributed by atoms with E-state index in [4.69, 9.17) is 11.6 Å². The molecule has 5 heteroatoms. The lowest BCUT2D eigenvalue weighted by atomic mass is 9.46. The zero-order valence-corrected chi connectivity index (χ0v) is 21.5. The molecule has 0 radical (unpaired) electrons. The van der Waals surface area contributed by atoms with E-state index in [2.05, 4.69) is 20.4 Å². The highest BCUT2D eigenvalue weighted by Crippen LogP contribution is 2.68. The molecule has 184 valence electrons. The van der Waals surface area contributed by atoms with Crippen molar-refractivity contribution in [2.45, 2.75) is 91.6 Å². The summed E-state index contributed by atoms with van der Waals surface area (Å²) in [6, 6.07) is 0. The van der Waals surface area contributed by atoms with Gasteiger partial charge in [-0.25, -0.2) is 0 Å². The molecule has 0 unspecified atom stereocenters. The van der Waals surface area contributed by atoms with Crippen molar-refractivity contribution >= 4 is 23.4 Å². The van der Waals surface area contributed by atoms with Crippen LogP contribution in [0.1, 0.15) is 85.5 Å². The number of aliphatic carboxylic acids is 1. The molecule has 4 aliphatic rings. The number of carboxylic acid groups (broad SMARTS) is 1. The number of ketones is 1. The molecule has 8 atom stereocenters. The van der Waals surface area contributed by atoms with Crippen LogP contribution < -0.4 is 0 Å². The van der Waals surface area contributed by atoms with Gasteiger partial charge in [0.2, 0.25) is 0 Å². The number of carboxylic acids is 1. The number of Topliss-reactive ketones (excluding diaryl/α,β-unsaturated/α-hetero) is 1. The van der Waals surface area contributed by atoms with E-state index >= 15 is 0 Å². The average molecular weight is 477 g/mol. The second-order valence-electron chi connectivity index (χ2n) is 12.2. The number of aliphatic hydroxyl groups excluding tert-OH is 1. The summed E-state index contributed by atoms with van der Waals surface area (Å²) in [5.74, 6) is 0.134. The van der Waals surface area contributed by atoms with Crippen molar-refractivity contribution in [1.82, 2.24) is 0 Å². The molecule has 4 nitrogen and oxygen atoms in total. The average Bonchev–Trinajstić information content (AvgIpc) is 3.10. The van der Waals surface area contributed by atoms with Crippen LogP contribution in [0.3, 0.4) is 0 Å². The first-order valence-corrected chi connectivity index (χ1v) is 13.3. The van der Waals surface area contributed by atoms with Gasteiger partial charge in [-0.3, -0.25) is 9.59 Å². The molecule has 0 aromatic rings. The van der Waals surface area contributed by atoms with E-state index in [0.29, 0.717) is 28.4 Å². The molecule has 4 rings (SSSR count). The van der Waals surface area contributed by atoms with E-state index in [9.17, 15) is 19.8 Å². The molecular formula is C28H41ClO4. The summed E-state index contributed by atoms with van der Waals surface area (Å²) in [6.07, 6.45) is 7.33. The van der Waals surface area contributed by atoms with Crippen LogP contribution in [0.5, 0.6) is 0 Å². The minimum atomic E-state index is -0.831. The van der Waals surface area contributed by atoms with Crippen molar-refractivity contribution in [3.8, 4) is 0 Å². The Morgan fingerprint density at radius 3 is 2.42 bits per heavy atom. The summed E-state index contributed by atoms with van der Waals surface area (Å²) in [7, 11) is 0. The predicted octanol–water partition coefficient (Wildman–Crippen LogP) is 6.37. The molecule has 0 aromatic carbocycles. The summed E-state index contributed by atoms with van der Waals surface area (Å²) in [5.41, 5.74) is 1.83. The van der Waals surface area contributed by atoms with Crippen LogP contribution >= 0.6 is 11.6 Å². The van der Waals surface area contributed by atoms with E-state index in [-0.39, 0.29) is 34.9 Å². The van der Waals surface area contributed by atoms with E-state index in [0.717, 1.165) is 51.4 Å². The molecule has 0 aliphatic heterocycles. The lowest BCUT2D eigenvalue weighted by Crippen LogP contribution is -2.52. The Morgan fingerprint density at radius 2 is 1.79 bits per heavy atom. The Bertz CT molecular complexity index is 875.